The lowest BCUT2D eigenvalue weighted by Crippen LogP contribution is -2.33. The number of imide groups is 1. The lowest BCUT2D eigenvalue weighted by atomic mass is 10.1. The Bertz CT molecular complexity index is 817. The van der Waals surface area contributed by atoms with Crippen molar-refractivity contribution in [3.8, 4) is 5.75 Å². The summed E-state index contributed by atoms with van der Waals surface area (Å²) in [4.78, 5) is 37.5. The van der Waals surface area contributed by atoms with Gasteiger partial charge in [-0.2, -0.15) is 0 Å². The smallest absolute Gasteiger partial charge is 0.325 e. The largest absolute Gasteiger partial charge is 0.497 e. The van der Waals surface area contributed by atoms with Crippen LogP contribution in [-0.2, 0) is 22.6 Å². The monoisotopic (exact) mass is 385 g/mol. The maximum absolute atomic E-state index is 12.4. The zero-order valence-corrected chi connectivity index (χ0v) is 15.6. The number of urea groups is 1. The van der Waals surface area contributed by atoms with E-state index >= 15 is 0 Å². The van der Waals surface area contributed by atoms with Crippen molar-refractivity contribution in [1.29, 1.82) is 0 Å². The minimum absolute atomic E-state index is 0.0855. The number of nitrogens with zero attached hydrogens (tertiary/aromatic N) is 1. The molecule has 1 aliphatic rings. The molecule has 8 nitrogen and oxygen atoms in total. The van der Waals surface area contributed by atoms with Crippen LogP contribution < -0.4 is 15.4 Å². The van der Waals surface area contributed by atoms with Crippen molar-refractivity contribution in [2.75, 3.05) is 13.7 Å². The van der Waals surface area contributed by atoms with Crippen LogP contribution in [0.5, 0.6) is 5.75 Å². The summed E-state index contributed by atoms with van der Waals surface area (Å²) in [5.41, 5.74) is 1.09. The zero-order chi connectivity index (χ0) is 19.9. The highest BCUT2D eigenvalue weighted by atomic mass is 16.5. The van der Waals surface area contributed by atoms with E-state index in [2.05, 4.69) is 10.6 Å². The maximum atomic E-state index is 12.4. The second kappa shape index (κ2) is 9.07. The molecular formula is C20H23N3O5. The Balaban J connectivity index is 1.39. The Morgan fingerprint density at radius 3 is 2.71 bits per heavy atom. The molecule has 4 amide bonds. The lowest BCUT2D eigenvalue weighted by Gasteiger charge is -2.11. The fourth-order valence-electron chi connectivity index (χ4n) is 2.98. The molecule has 1 aromatic heterocycles. The molecule has 0 spiro atoms. The number of methoxy groups -OCH3 is 1. The number of carbonyl (C=O) groups is 3. The van der Waals surface area contributed by atoms with E-state index in [0.717, 1.165) is 16.2 Å². The SMILES string of the molecule is COc1ccc(CCNC(=O)CC[C@@H]2NC(=O)N(Cc3ccco3)C2=O)cc1. The molecule has 0 bridgehead atoms. The molecule has 8 heteroatoms. The highest BCUT2D eigenvalue weighted by molar-refractivity contribution is 6.04. The summed E-state index contributed by atoms with van der Waals surface area (Å²) in [6.07, 6.45) is 2.61. The van der Waals surface area contributed by atoms with E-state index in [9.17, 15) is 14.4 Å². The van der Waals surface area contributed by atoms with Gasteiger partial charge in [-0.05, 0) is 42.7 Å². The number of ether oxygens (including phenoxy) is 1. The van der Waals surface area contributed by atoms with Gasteiger partial charge in [-0.3, -0.25) is 14.5 Å². The molecule has 1 aromatic carbocycles. The minimum atomic E-state index is -0.685. The van der Waals surface area contributed by atoms with Crippen molar-refractivity contribution >= 4 is 17.8 Å². The van der Waals surface area contributed by atoms with Gasteiger partial charge in [0.05, 0.1) is 19.9 Å². The summed E-state index contributed by atoms with van der Waals surface area (Å²) in [7, 11) is 1.61. The van der Waals surface area contributed by atoms with Crippen LogP contribution in [0.3, 0.4) is 0 Å². The fraction of sp³-hybridized carbons (Fsp3) is 0.350. The Kier molecular flexibility index (Phi) is 6.31. The number of furan rings is 1. The highest BCUT2D eigenvalue weighted by Gasteiger charge is 2.38. The summed E-state index contributed by atoms with van der Waals surface area (Å²) in [6, 6.07) is 9.89. The molecular weight excluding hydrogens is 362 g/mol. The summed E-state index contributed by atoms with van der Waals surface area (Å²) in [5, 5.41) is 5.45. The van der Waals surface area contributed by atoms with Crippen molar-refractivity contribution in [3.63, 3.8) is 0 Å². The van der Waals surface area contributed by atoms with Crippen LogP contribution in [0.2, 0.25) is 0 Å². The third kappa shape index (κ3) is 4.91. The molecule has 1 aliphatic heterocycles. The predicted molar refractivity (Wildman–Crippen MR) is 101 cm³/mol. The average Bonchev–Trinajstić information content (AvgIpc) is 3.31. The van der Waals surface area contributed by atoms with Crippen LogP contribution in [0.1, 0.15) is 24.2 Å². The van der Waals surface area contributed by atoms with Gasteiger partial charge in [0.25, 0.3) is 5.91 Å². The Morgan fingerprint density at radius 2 is 2.04 bits per heavy atom. The van der Waals surface area contributed by atoms with Gasteiger partial charge in [0, 0.05) is 13.0 Å². The molecule has 1 fully saturated rings. The molecule has 0 unspecified atom stereocenters. The molecule has 2 N–H and O–H groups in total. The van der Waals surface area contributed by atoms with E-state index in [1.165, 1.54) is 6.26 Å². The Hall–Kier alpha value is -3.29. The van der Waals surface area contributed by atoms with Gasteiger partial charge >= 0.3 is 6.03 Å². The van der Waals surface area contributed by atoms with Crippen molar-refractivity contribution in [3.05, 3.63) is 54.0 Å². The van der Waals surface area contributed by atoms with Gasteiger partial charge in [-0.1, -0.05) is 12.1 Å². The van der Waals surface area contributed by atoms with Crippen molar-refractivity contribution in [2.24, 2.45) is 0 Å². The number of hydrogen-bond acceptors (Lipinski definition) is 5. The van der Waals surface area contributed by atoms with Crippen LogP contribution in [0.4, 0.5) is 4.79 Å². The molecule has 0 saturated carbocycles. The second-order valence-electron chi connectivity index (χ2n) is 6.49. The van der Waals surface area contributed by atoms with Crippen molar-refractivity contribution in [2.45, 2.75) is 31.8 Å². The predicted octanol–water partition coefficient (Wildman–Crippen LogP) is 1.85. The first kappa shape index (κ1) is 19.5. The normalized spacial score (nSPS) is 16.2. The number of hydrogen-bond donors (Lipinski definition) is 2. The third-order valence-corrected chi connectivity index (χ3v) is 4.56. The van der Waals surface area contributed by atoms with E-state index in [-0.39, 0.29) is 31.2 Å². The van der Waals surface area contributed by atoms with Gasteiger partial charge in [0.15, 0.2) is 0 Å². The van der Waals surface area contributed by atoms with E-state index in [0.29, 0.717) is 18.7 Å². The minimum Gasteiger partial charge on any atom is -0.497 e. The summed E-state index contributed by atoms with van der Waals surface area (Å²) in [5.74, 6) is 0.824. The van der Waals surface area contributed by atoms with E-state index in [1.807, 2.05) is 24.3 Å². The number of carbonyl (C=O) groups excluding carboxylic acids is 3. The van der Waals surface area contributed by atoms with Crippen LogP contribution >= 0.6 is 0 Å². The first-order valence-corrected chi connectivity index (χ1v) is 9.10. The van der Waals surface area contributed by atoms with Gasteiger partial charge < -0.3 is 19.8 Å². The van der Waals surface area contributed by atoms with Crippen LogP contribution in [-0.4, -0.2) is 42.4 Å². The first-order valence-electron chi connectivity index (χ1n) is 9.10. The molecule has 1 atom stereocenters. The highest BCUT2D eigenvalue weighted by Crippen LogP contribution is 2.15. The maximum Gasteiger partial charge on any atom is 0.325 e. The zero-order valence-electron chi connectivity index (χ0n) is 15.6. The Labute approximate surface area is 162 Å². The van der Waals surface area contributed by atoms with E-state index in [1.54, 1.807) is 19.2 Å². The number of benzene rings is 1. The molecule has 28 heavy (non-hydrogen) atoms. The third-order valence-electron chi connectivity index (χ3n) is 4.56. The topological polar surface area (TPSA) is 101 Å². The number of rotatable bonds is 9. The summed E-state index contributed by atoms with van der Waals surface area (Å²) < 4.78 is 10.3. The Morgan fingerprint density at radius 1 is 1.25 bits per heavy atom. The number of nitrogens with one attached hydrogen (secondary N) is 2. The standard InChI is InChI=1S/C20H23N3O5/c1-27-15-6-4-14(5-7-15)10-11-21-18(24)9-8-17-19(25)23(20(26)22-17)13-16-3-2-12-28-16/h2-7,12,17H,8-11,13H2,1H3,(H,21,24)(H,22,26)/t17-/m0/s1. The first-order chi connectivity index (χ1) is 13.6. The molecule has 2 heterocycles. The molecule has 148 valence electrons. The molecule has 0 aliphatic carbocycles. The molecule has 1 saturated heterocycles. The van der Waals surface area contributed by atoms with E-state index in [4.69, 9.17) is 9.15 Å². The summed E-state index contributed by atoms with van der Waals surface area (Å²) >= 11 is 0. The van der Waals surface area contributed by atoms with Gasteiger partial charge in [0.1, 0.15) is 17.6 Å². The summed E-state index contributed by atoms with van der Waals surface area (Å²) in [6.45, 7) is 0.586. The van der Waals surface area contributed by atoms with Gasteiger partial charge in [0.2, 0.25) is 5.91 Å². The average molecular weight is 385 g/mol. The second-order valence-corrected chi connectivity index (χ2v) is 6.49. The number of amides is 4. The van der Waals surface area contributed by atoms with E-state index < -0.39 is 12.1 Å². The van der Waals surface area contributed by atoms with Gasteiger partial charge in [-0.25, -0.2) is 4.79 Å². The fourth-order valence-corrected chi connectivity index (χ4v) is 2.98. The van der Waals surface area contributed by atoms with Crippen LogP contribution in [0.15, 0.2) is 47.1 Å². The molecule has 2 aromatic rings. The van der Waals surface area contributed by atoms with Gasteiger partial charge in [-0.15, -0.1) is 0 Å². The lowest BCUT2D eigenvalue weighted by molar-refractivity contribution is -0.128. The van der Waals surface area contributed by atoms with Crippen LogP contribution in [0.25, 0.3) is 0 Å². The molecule has 3 rings (SSSR count). The van der Waals surface area contributed by atoms with Crippen molar-refractivity contribution < 1.29 is 23.5 Å². The molecule has 0 radical (unpaired) electrons. The van der Waals surface area contributed by atoms with Crippen LogP contribution in [0, 0.1) is 0 Å². The quantitative estimate of drug-likeness (QED) is 0.642. The van der Waals surface area contributed by atoms with Crippen molar-refractivity contribution in [1.82, 2.24) is 15.5 Å².